The maximum atomic E-state index is 13.0. The third-order valence-electron chi connectivity index (χ3n) is 3.32. The second-order valence-electron chi connectivity index (χ2n) is 5.54. The number of benzene rings is 1. The zero-order valence-corrected chi connectivity index (χ0v) is 22.5. The molecular formula is C16H23N3O5SWY-2. The van der Waals surface area contributed by atoms with Gasteiger partial charge in [-0.3, -0.25) is 4.79 Å². The molecule has 0 aliphatic heterocycles. The van der Waals surface area contributed by atoms with Gasteiger partial charge in [-0.1, -0.05) is 6.92 Å². The van der Waals surface area contributed by atoms with E-state index in [1.165, 1.54) is 27.1 Å². The molecule has 1 aromatic carbocycles. The van der Waals surface area contributed by atoms with Crippen molar-refractivity contribution in [1.82, 2.24) is 15.2 Å². The molecule has 1 rings (SSSR count). The largest absolute Gasteiger partial charge is 0.523 e. The zero-order valence-electron chi connectivity index (χ0n) is 15.9. The van der Waals surface area contributed by atoms with Gasteiger partial charge in [-0.2, -0.15) is 0 Å². The van der Waals surface area contributed by atoms with E-state index in [0.29, 0.717) is 6.29 Å². The van der Waals surface area contributed by atoms with Gasteiger partial charge in [-0.05, 0) is 37.4 Å². The SMILES string of the molecule is [CH2-][C@@H](C=O)NC(=O)c1cc(OC)[c-]c(C)c1S(=O)(=O)N(NC)C(C)C.[W].[Y]. The molecule has 0 aliphatic carbocycles. The van der Waals surface area contributed by atoms with E-state index in [9.17, 15) is 18.0 Å². The summed E-state index contributed by atoms with van der Waals surface area (Å²) in [5, 5.41) is 2.33. The molecule has 1 aromatic rings. The van der Waals surface area contributed by atoms with Crippen molar-refractivity contribution in [1.29, 1.82) is 0 Å². The van der Waals surface area contributed by atoms with Gasteiger partial charge in [-0.15, -0.1) is 22.1 Å². The fraction of sp³-hybridized carbons (Fsp3) is 0.438. The smallest absolute Gasteiger partial charge is 0.226 e. The van der Waals surface area contributed by atoms with Crippen LogP contribution in [0.25, 0.3) is 0 Å². The van der Waals surface area contributed by atoms with Crippen LogP contribution in [0.1, 0.15) is 29.8 Å². The second-order valence-corrected chi connectivity index (χ2v) is 7.29. The Morgan fingerprint density at radius 1 is 1.41 bits per heavy atom. The number of aldehydes is 1. The van der Waals surface area contributed by atoms with Crippen LogP contribution < -0.4 is 15.5 Å². The van der Waals surface area contributed by atoms with Gasteiger partial charge in [0.2, 0.25) is 15.9 Å². The molecule has 2 N–H and O–H groups in total. The Bertz CT molecular complexity index is 759. The summed E-state index contributed by atoms with van der Waals surface area (Å²) in [6, 6.07) is 2.65. The Morgan fingerprint density at radius 2 is 1.96 bits per heavy atom. The molecule has 1 amide bonds. The summed E-state index contributed by atoms with van der Waals surface area (Å²) >= 11 is 0. The van der Waals surface area contributed by atoms with E-state index < -0.39 is 28.0 Å². The zero-order chi connectivity index (χ0) is 19.4. The third-order valence-corrected chi connectivity index (χ3v) is 5.49. The third kappa shape index (κ3) is 6.98. The van der Waals surface area contributed by atoms with E-state index in [1.54, 1.807) is 13.8 Å². The second kappa shape index (κ2) is 12.4. The summed E-state index contributed by atoms with van der Waals surface area (Å²) in [6.07, 6.45) is 0.444. The molecule has 0 saturated carbocycles. The Balaban J connectivity index is 0. The van der Waals surface area contributed by atoms with Crippen molar-refractivity contribution in [3.05, 3.63) is 30.2 Å². The number of ether oxygens (including phenoxy) is 1. The van der Waals surface area contributed by atoms with Gasteiger partial charge >= 0.3 is 0 Å². The summed E-state index contributed by atoms with van der Waals surface area (Å²) < 4.78 is 32.2. The van der Waals surface area contributed by atoms with Crippen molar-refractivity contribution in [2.24, 2.45) is 0 Å². The van der Waals surface area contributed by atoms with Gasteiger partial charge in [0.1, 0.15) is 6.29 Å². The van der Waals surface area contributed by atoms with Crippen LogP contribution in [-0.2, 0) is 68.6 Å². The fourth-order valence-electron chi connectivity index (χ4n) is 2.32. The number of aryl methyl sites for hydroxylation is 1. The number of sulfonamides is 1. The molecule has 1 radical (unpaired) electrons. The summed E-state index contributed by atoms with van der Waals surface area (Å²) in [4.78, 5) is 23.0. The topological polar surface area (TPSA) is 105 Å². The molecule has 0 aliphatic rings. The van der Waals surface area contributed by atoms with Crippen LogP contribution in [0.2, 0.25) is 0 Å². The summed E-state index contributed by atoms with van der Waals surface area (Å²) in [5.41, 5.74) is 2.69. The first-order valence-corrected chi connectivity index (χ1v) is 8.96. The minimum absolute atomic E-state index is 0. The predicted octanol–water partition coefficient (Wildman–Crippen LogP) is 0.464. The first-order chi connectivity index (χ1) is 11.6. The van der Waals surface area contributed by atoms with Gasteiger partial charge in [0.15, 0.2) is 0 Å². The van der Waals surface area contributed by atoms with Crippen molar-refractivity contribution >= 4 is 22.2 Å². The van der Waals surface area contributed by atoms with Gasteiger partial charge < -0.3 is 21.8 Å². The van der Waals surface area contributed by atoms with Crippen LogP contribution in [0, 0.1) is 19.9 Å². The minimum Gasteiger partial charge on any atom is -0.523 e. The van der Waals surface area contributed by atoms with Crippen LogP contribution in [0.5, 0.6) is 5.75 Å². The molecule has 0 bridgehead atoms. The van der Waals surface area contributed by atoms with Crippen LogP contribution >= 0.6 is 0 Å². The number of nitrogens with zero attached hydrogens (tertiary/aromatic N) is 1. The molecule has 1 atom stereocenters. The van der Waals surface area contributed by atoms with Crippen molar-refractivity contribution < 1.29 is 76.5 Å². The Kier molecular flexibility index (Phi) is 13.3. The van der Waals surface area contributed by atoms with Crippen LogP contribution in [0.3, 0.4) is 0 Å². The molecule has 0 unspecified atom stereocenters. The molecule has 0 saturated heterocycles. The van der Waals surface area contributed by atoms with Gasteiger partial charge in [0, 0.05) is 65.6 Å². The van der Waals surface area contributed by atoms with Gasteiger partial charge in [0.05, 0.1) is 7.11 Å². The Labute approximate surface area is 200 Å². The van der Waals surface area contributed by atoms with E-state index in [1.807, 2.05) is 0 Å². The fourth-order valence-corrected chi connectivity index (χ4v) is 4.18. The number of amides is 1. The molecule has 0 spiro atoms. The van der Waals surface area contributed by atoms with E-state index in [0.717, 1.165) is 4.41 Å². The van der Waals surface area contributed by atoms with E-state index in [4.69, 9.17) is 4.74 Å². The number of rotatable bonds is 8. The molecule has 0 fully saturated rings. The standard InChI is InChI=1S/C16H23N3O5S.W.Y/c1-10(2)19(17-5)25(22,23)15-11(3)7-13(24-6)8-14(15)16(21)18-12(4)9-20;;/h8-10,12,17H,4H2,1-3,5-6H3,(H,18,21);;/q-2;;/t12-;;/m0../s1. The van der Waals surface area contributed by atoms with E-state index in [-0.39, 0.29) is 75.5 Å². The molecule has 8 nitrogen and oxygen atoms in total. The quantitative estimate of drug-likeness (QED) is 0.243. The molecular weight excluding hydrogens is 619 g/mol. The molecule has 0 heterocycles. The number of hydrazine groups is 1. The van der Waals surface area contributed by atoms with Crippen molar-refractivity contribution in [3.8, 4) is 5.75 Å². The number of nitrogens with one attached hydrogen (secondary N) is 2. The molecule has 11 heteroatoms. The van der Waals surface area contributed by atoms with Crippen LogP contribution in [0.4, 0.5) is 0 Å². The minimum atomic E-state index is -4.06. The first-order valence-electron chi connectivity index (χ1n) is 7.52. The maximum Gasteiger partial charge on any atom is 0.226 e. The number of hydrogen-bond acceptors (Lipinski definition) is 6. The molecule has 149 valence electrons. The van der Waals surface area contributed by atoms with Crippen molar-refractivity contribution in [3.63, 3.8) is 0 Å². The van der Waals surface area contributed by atoms with Crippen LogP contribution in [-0.4, -0.2) is 51.3 Å². The maximum absolute atomic E-state index is 13.0. The Hall–Kier alpha value is -0.178. The summed E-state index contributed by atoms with van der Waals surface area (Å²) in [5.74, 6) is -0.547. The first kappa shape index (κ1) is 29.0. The van der Waals surface area contributed by atoms with E-state index in [2.05, 4.69) is 23.7 Å². The van der Waals surface area contributed by atoms with Gasteiger partial charge in [-0.25, -0.2) is 13.8 Å². The van der Waals surface area contributed by atoms with Crippen LogP contribution in [0.15, 0.2) is 11.0 Å². The molecule has 0 aromatic heterocycles. The van der Waals surface area contributed by atoms with Crippen molar-refractivity contribution in [2.45, 2.75) is 37.8 Å². The molecule has 27 heavy (non-hydrogen) atoms. The number of hydrogen-bond donors (Lipinski definition) is 2. The average Bonchev–Trinajstić information content (AvgIpc) is 2.53. The summed E-state index contributed by atoms with van der Waals surface area (Å²) in [6.45, 7) is 8.34. The average molecular weight is 642 g/mol. The van der Waals surface area contributed by atoms with E-state index >= 15 is 0 Å². The number of carbonyl (C=O) groups excluding carboxylic acids is 2. The summed E-state index contributed by atoms with van der Waals surface area (Å²) in [7, 11) is -1.21. The number of carbonyl (C=O) groups is 2. The monoisotopic (exact) mass is 642 g/mol. The van der Waals surface area contributed by atoms with Gasteiger partial charge in [0.25, 0.3) is 0 Å². The predicted molar refractivity (Wildman–Crippen MR) is 92.5 cm³/mol. The van der Waals surface area contributed by atoms with Crippen molar-refractivity contribution in [2.75, 3.05) is 14.2 Å². The Morgan fingerprint density at radius 3 is 2.37 bits per heavy atom. The normalized spacial score (nSPS) is 12.0. The number of methoxy groups -OCH3 is 1.